The fraction of sp³-hybridized carbons (Fsp3) is 0.214. The Morgan fingerprint density at radius 2 is 1.89 bits per heavy atom. The maximum absolute atomic E-state index is 15.1. The molecule has 0 bridgehead atoms. The Morgan fingerprint density at radius 1 is 1.06 bits per heavy atom. The van der Waals surface area contributed by atoms with Gasteiger partial charge in [-0.25, -0.2) is 4.39 Å². The Morgan fingerprint density at radius 3 is 2.64 bits per heavy atom. The number of halogens is 1. The molecule has 36 heavy (non-hydrogen) atoms. The zero-order valence-electron chi connectivity index (χ0n) is 20.1. The summed E-state index contributed by atoms with van der Waals surface area (Å²) in [5.41, 5.74) is 9.56. The highest BCUT2D eigenvalue weighted by molar-refractivity contribution is 5.93. The third kappa shape index (κ3) is 5.55. The number of benzene rings is 3. The summed E-state index contributed by atoms with van der Waals surface area (Å²) in [5.74, 6) is -0.571. The lowest BCUT2D eigenvalue weighted by Gasteiger charge is -2.15. The summed E-state index contributed by atoms with van der Waals surface area (Å²) in [6.45, 7) is 3.64. The van der Waals surface area contributed by atoms with E-state index in [1.54, 1.807) is 55.7 Å². The standard InChI is InChI=1S/C28H27FN2O5/c1-3-34-26(33)13-19-7-8-22(31-17(2)32)14-25(19)36-16-18-11-20-9-10-35-28(20)24(12-18)23-6-4-5-21(15-30)27(23)29/h4-12,14H,3,13,15-16,30H2,1-2H3,(H,31,32). The smallest absolute Gasteiger partial charge is 0.310 e. The van der Waals surface area contributed by atoms with E-state index in [4.69, 9.17) is 19.6 Å². The molecule has 0 atom stereocenters. The average molecular weight is 491 g/mol. The van der Waals surface area contributed by atoms with Gasteiger partial charge in [-0.05, 0) is 36.8 Å². The first-order valence-electron chi connectivity index (χ1n) is 11.6. The summed E-state index contributed by atoms with van der Waals surface area (Å²) in [5, 5.41) is 3.51. The van der Waals surface area contributed by atoms with Crippen LogP contribution in [0.25, 0.3) is 22.1 Å². The molecule has 3 aromatic carbocycles. The van der Waals surface area contributed by atoms with Crippen molar-refractivity contribution < 1.29 is 27.9 Å². The Balaban J connectivity index is 1.68. The number of fused-ring (bicyclic) bond motifs is 1. The van der Waals surface area contributed by atoms with Crippen molar-refractivity contribution in [3.8, 4) is 16.9 Å². The van der Waals surface area contributed by atoms with Gasteiger partial charge in [-0.15, -0.1) is 0 Å². The highest BCUT2D eigenvalue weighted by Gasteiger charge is 2.17. The van der Waals surface area contributed by atoms with E-state index < -0.39 is 5.82 Å². The number of nitrogens with one attached hydrogen (secondary N) is 1. The normalized spacial score (nSPS) is 10.9. The molecule has 4 rings (SSSR count). The molecule has 0 aliphatic carbocycles. The van der Waals surface area contributed by atoms with Crippen LogP contribution in [0.3, 0.4) is 0 Å². The van der Waals surface area contributed by atoms with Crippen LogP contribution in [0, 0.1) is 5.82 Å². The SMILES string of the molecule is CCOC(=O)Cc1ccc(NC(C)=O)cc1OCc1cc(-c2cccc(CN)c2F)c2occc2c1. The minimum Gasteiger partial charge on any atom is -0.489 e. The number of anilines is 1. The number of rotatable bonds is 9. The van der Waals surface area contributed by atoms with Gasteiger partial charge in [0, 0.05) is 52.9 Å². The molecule has 7 nitrogen and oxygen atoms in total. The molecule has 186 valence electrons. The number of amides is 1. The average Bonchev–Trinajstić information content (AvgIpc) is 3.32. The van der Waals surface area contributed by atoms with Crippen LogP contribution >= 0.6 is 0 Å². The van der Waals surface area contributed by atoms with Crippen molar-refractivity contribution in [3.63, 3.8) is 0 Å². The molecular formula is C28H27FN2O5. The van der Waals surface area contributed by atoms with E-state index in [9.17, 15) is 9.59 Å². The van der Waals surface area contributed by atoms with E-state index in [0.717, 1.165) is 10.9 Å². The van der Waals surface area contributed by atoms with Crippen molar-refractivity contribution in [3.05, 3.63) is 83.4 Å². The maximum atomic E-state index is 15.1. The summed E-state index contributed by atoms with van der Waals surface area (Å²) in [6, 6.07) is 15.7. The minimum absolute atomic E-state index is 0.0205. The number of carbonyl (C=O) groups excluding carboxylic acids is 2. The van der Waals surface area contributed by atoms with Gasteiger partial charge in [0.25, 0.3) is 0 Å². The molecule has 0 unspecified atom stereocenters. The summed E-state index contributed by atoms with van der Waals surface area (Å²) < 4.78 is 32.0. The fourth-order valence-electron chi connectivity index (χ4n) is 4.02. The van der Waals surface area contributed by atoms with Crippen LogP contribution in [-0.4, -0.2) is 18.5 Å². The molecular weight excluding hydrogens is 463 g/mol. The molecule has 3 N–H and O–H groups in total. The first-order valence-corrected chi connectivity index (χ1v) is 11.6. The Bertz CT molecular complexity index is 1410. The molecule has 4 aromatic rings. The van der Waals surface area contributed by atoms with E-state index in [0.29, 0.717) is 39.3 Å². The number of furan rings is 1. The highest BCUT2D eigenvalue weighted by atomic mass is 19.1. The molecule has 0 aliphatic heterocycles. The van der Waals surface area contributed by atoms with Crippen molar-refractivity contribution in [1.29, 1.82) is 0 Å². The molecule has 8 heteroatoms. The van der Waals surface area contributed by atoms with Gasteiger partial charge in [0.15, 0.2) is 0 Å². The lowest BCUT2D eigenvalue weighted by Crippen LogP contribution is -2.10. The van der Waals surface area contributed by atoms with Crippen LogP contribution in [0.1, 0.15) is 30.5 Å². The van der Waals surface area contributed by atoms with E-state index in [1.165, 1.54) is 6.92 Å². The van der Waals surface area contributed by atoms with E-state index >= 15 is 4.39 Å². The predicted octanol–water partition coefficient (Wildman–Crippen LogP) is 5.34. The van der Waals surface area contributed by atoms with Crippen LogP contribution in [-0.2, 0) is 33.9 Å². The summed E-state index contributed by atoms with van der Waals surface area (Å²) in [6.07, 6.45) is 1.57. The molecule has 1 heterocycles. The van der Waals surface area contributed by atoms with Crippen LogP contribution < -0.4 is 15.8 Å². The molecule has 0 radical (unpaired) electrons. The second-order valence-corrected chi connectivity index (χ2v) is 8.24. The Hall–Kier alpha value is -4.17. The van der Waals surface area contributed by atoms with Crippen LogP contribution in [0.2, 0.25) is 0 Å². The molecule has 0 spiro atoms. The first kappa shape index (κ1) is 24.9. The van der Waals surface area contributed by atoms with Gasteiger partial charge in [-0.2, -0.15) is 0 Å². The number of carbonyl (C=O) groups is 2. The van der Waals surface area contributed by atoms with Gasteiger partial charge in [-0.1, -0.05) is 24.3 Å². The van der Waals surface area contributed by atoms with Crippen LogP contribution in [0.4, 0.5) is 10.1 Å². The Kier molecular flexibility index (Phi) is 7.65. The first-order chi connectivity index (χ1) is 17.4. The number of esters is 1. The van der Waals surface area contributed by atoms with Crippen molar-refractivity contribution in [2.45, 2.75) is 33.4 Å². The van der Waals surface area contributed by atoms with Crippen molar-refractivity contribution in [1.82, 2.24) is 0 Å². The van der Waals surface area contributed by atoms with Crippen LogP contribution in [0.5, 0.6) is 5.75 Å². The number of ether oxygens (including phenoxy) is 2. The van der Waals surface area contributed by atoms with Gasteiger partial charge in [-0.3, -0.25) is 9.59 Å². The second kappa shape index (κ2) is 11.0. The molecule has 0 aliphatic rings. The zero-order valence-corrected chi connectivity index (χ0v) is 20.1. The summed E-state index contributed by atoms with van der Waals surface area (Å²) in [4.78, 5) is 23.6. The summed E-state index contributed by atoms with van der Waals surface area (Å²) >= 11 is 0. The lowest BCUT2D eigenvalue weighted by atomic mass is 9.98. The van der Waals surface area contributed by atoms with Gasteiger partial charge in [0.1, 0.15) is 23.8 Å². The third-order valence-corrected chi connectivity index (χ3v) is 5.62. The van der Waals surface area contributed by atoms with Gasteiger partial charge in [0.05, 0.1) is 19.3 Å². The van der Waals surface area contributed by atoms with E-state index in [-0.39, 0.29) is 38.1 Å². The number of hydrogen-bond donors (Lipinski definition) is 2. The van der Waals surface area contributed by atoms with Gasteiger partial charge in [0.2, 0.25) is 5.91 Å². The molecule has 1 aromatic heterocycles. The zero-order chi connectivity index (χ0) is 25.7. The van der Waals surface area contributed by atoms with Crippen molar-refractivity contribution >= 4 is 28.5 Å². The Labute approximate surface area is 208 Å². The fourth-order valence-corrected chi connectivity index (χ4v) is 4.02. The second-order valence-electron chi connectivity index (χ2n) is 8.24. The monoisotopic (exact) mass is 490 g/mol. The quantitative estimate of drug-likeness (QED) is 0.307. The molecule has 0 fully saturated rings. The van der Waals surface area contributed by atoms with Crippen molar-refractivity contribution in [2.75, 3.05) is 11.9 Å². The topological polar surface area (TPSA) is 104 Å². The van der Waals surface area contributed by atoms with Crippen molar-refractivity contribution in [2.24, 2.45) is 5.73 Å². The molecule has 0 saturated carbocycles. The lowest BCUT2D eigenvalue weighted by molar-refractivity contribution is -0.142. The number of hydrogen-bond acceptors (Lipinski definition) is 6. The third-order valence-electron chi connectivity index (χ3n) is 5.62. The number of nitrogens with two attached hydrogens (primary N) is 1. The minimum atomic E-state index is -0.393. The maximum Gasteiger partial charge on any atom is 0.310 e. The van der Waals surface area contributed by atoms with Crippen LogP contribution in [0.15, 0.2) is 65.3 Å². The van der Waals surface area contributed by atoms with Gasteiger partial charge >= 0.3 is 5.97 Å². The highest BCUT2D eigenvalue weighted by Crippen LogP contribution is 2.34. The van der Waals surface area contributed by atoms with E-state index in [2.05, 4.69) is 5.32 Å². The van der Waals surface area contributed by atoms with Gasteiger partial charge < -0.3 is 24.9 Å². The van der Waals surface area contributed by atoms with E-state index in [1.807, 2.05) is 12.1 Å². The predicted molar refractivity (Wildman–Crippen MR) is 135 cm³/mol. The molecule has 1 amide bonds. The summed E-state index contributed by atoms with van der Waals surface area (Å²) in [7, 11) is 0. The molecule has 0 saturated heterocycles. The largest absolute Gasteiger partial charge is 0.489 e.